The molecule has 0 radical (unpaired) electrons. The van der Waals surface area contributed by atoms with Crippen LogP contribution in [0.3, 0.4) is 0 Å². The molecule has 0 saturated carbocycles. The second-order valence-electron chi connectivity index (χ2n) is 10.6. The second kappa shape index (κ2) is 10.2. The van der Waals surface area contributed by atoms with Crippen LogP contribution in [0.15, 0.2) is 17.6 Å². The van der Waals surface area contributed by atoms with Gasteiger partial charge >= 0.3 is 0 Å². The number of rotatable bonds is 6. The van der Waals surface area contributed by atoms with E-state index >= 15 is 0 Å². The Labute approximate surface area is 204 Å². The van der Waals surface area contributed by atoms with E-state index in [1.807, 2.05) is 0 Å². The van der Waals surface area contributed by atoms with E-state index in [1.165, 1.54) is 11.0 Å². The van der Waals surface area contributed by atoms with Gasteiger partial charge in [0.15, 0.2) is 0 Å². The third kappa shape index (κ3) is 6.86. The molecule has 3 heterocycles. The molecular weight excluding hydrogens is 462 g/mol. The zero-order chi connectivity index (χ0) is 23.7. The lowest BCUT2D eigenvalue weighted by molar-refractivity contribution is 0.258. The van der Waals surface area contributed by atoms with Crippen LogP contribution in [-0.4, -0.2) is 76.5 Å². The first-order valence-corrected chi connectivity index (χ1v) is 12.9. The summed E-state index contributed by atoms with van der Waals surface area (Å²) in [5.74, 6) is 1.94. The maximum Gasteiger partial charge on any atom is 0.245 e. The molecule has 0 N–H and O–H groups in total. The quantitative estimate of drug-likeness (QED) is 0.598. The molecule has 0 amide bonds. The fraction of sp³-hybridized carbons (Fsp3) is 0.727. The topological polar surface area (TPSA) is 97.1 Å². The first-order chi connectivity index (χ1) is 14.8. The van der Waals surface area contributed by atoms with Crippen molar-refractivity contribution in [3.8, 4) is 0 Å². The van der Waals surface area contributed by atoms with Crippen molar-refractivity contribution in [2.75, 3.05) is 43.4 Å². The van der Waals surface area contributed by atoms with Crippen molar-refractivity contribution in [2.24, 2.45) is 7.05 Å². The van der Waals surface area contributed by atoms with Gasteiger partial charge < -0.3 is 4.90 Å². The molecule has 1 aliphatic rings. The van der Waals surface area contributed by atoms with Gasteiger partial charge in [-0.05, 0) is 13.0 Å². The summed E-state index contributed by atoms with van der Waals surface area (Å²) in [5, 5.41) is 3.90. The van der Waals surface area contributed by atoms with E-state index in [0.29, 0.717) is 6.42 Å². The Hall–Kier alpha value is -1.78. The molecule has 33 heavy (non-hydrogen) atoms. The number of hydrogen-bond acceptors (Lipinski definition) is 8. The van der Waals surface area contributed by atoms with E-state index in [4.69, 9.17) is 9.97 Å². The Bertz CT molecular complexity index is 1000. The molecule has 11 heteroatoms. The fourth-order valence-corrected chi connectivity index (χ4v) is 5.00. The largest absolute Gasteiger partial charge is 0.354 e. The Morgan fingerprint density at radius 3 is 2.12 bits per heavy atom. The van der Waals surface area contributed by atoms with Crippen molar-refractivity contribution in [2.45, 2.75) is 63.9 Å². The van der Waals surface area contributed by atoms with E-state index in [9.17, 15) is 8.42 Å². The van der Waals surface area contributed by atoms with Gasteiger partial charge in [-0.2, -0.15) is 5.10 Å². The highest BCUT2D eigenvalue weighted by atomic mass is 35.5. The van der Waals surface area contributed by atoms with Gasteiger partial charge in [-0.1, -0.05) is 41.5 Å². The summed E-state index contributed by atoms with van der Waals surface area (Å²) < 4.78 is 26.2. The first kappa shape index (κ1) is 27.5. The number of anilines is 1. The minimum Gasteiger partial charge on any atom is -0.354 e. The molecule has 0 bridgehead atoms. The molecule has 2 aromatic rings. The van der Waals surface area contributed by atoms with E-state index in [-0.39, 0.29) is 34.1 Å². The Morgan fingerprint density at radius 1 is 0.970 bits per heavy atom. The van der Waals surface area contributed by atoms with Gasteiger partial charge in [0, 0.05) is 50.1 Å². The maximum atomic E-state index is 12.5. The smallest absolute Gasteiger partial charge is 0.245 e. The van der Waals surface area contributed by atoms with Gasteiger partial charge in [-0.25, -0.2) is 28.1 Å². The van der Waals surface area contributed by atoms with Crippen LogP contribution in [0.25, 0.3) is 0 Å². The van der Waals surface area contributed by atoms with E-state index in [2.05, 4.69) is 67.5 Å². The molecule has 0 aromatic carbocycles. The minimum absolute atomic E-state index is 0. The van der Waals surface area contributed by atoms with Gasteiger partial charge in [-0.15, -0.1) is 12.4 Å². The molecule has 0 atom stereocenters. The lowest BCUT2D eigenvalue weighted by Crippen LogP contribution is -2.47. The molecule has 0 spiro atoms. The predicted molar refractivity (Wildman–Crippen MR) is 133 cm³/mol. The highest BCUT2D eigenvalue weighted by molar-refractivity contribution is 7.91. The normalized spacial score (nSPS) is 16.0. The second-order valence-corrected chi connectivity index (χ2v) is 12.6. The van der Waals surface area contributed by atoms with Crippen molar-refractivity contribution in [1.82, 2.24) is 29.6 Å². The summed E-state index contributed by atoms with van der Waals surface area (Å²) in [7, 11) is -1.80. The average Bonchev–Trinajstić information content (AvgIpc) is 3.14. The number of piperazine rings is 1. The van der Waals surface area contributed by atoms with Crippen molar-refractivity contribution in [1.29, 1.82) is 0 Å². The van der Waals surface area contributed by atoms with Gasteiger partial charge in [0.2, 0.25) is 15.0 Å². The monoisotopic (exact) mass is 499 g/mol. The Morgan fingerprint density at radius 2 is 1.61 bits per heavy atom. The first-order valence-electron chi connectivity index (χ1n) is 11.2. The zero-order valence-corrected chi connectivity index (χ0v) is 22.5. The molecule has 2 aromatic heterocycles. The van der Waals surface area contributed by atoms with Gasteiger partial charge in [0.1, 0.15) is 18.0 Å². The maximum absolute atomic E-state index is 12.5. The van der Waals surface area contributed by atoms with E-state index in [1.54, 1.807) is 7.05 Å². The third-order valence-corrected chi connectivity index (χ3v) is 7.44. The third-order valence-electron chi connectivity index (χ3n) is 5.68. The SMILES string of the molecule is Cl.Cn1ncnc1S(=O)(=O)CCCN1CCN(c2cc(C(C)(C)C)nc(C(C)(C)C)n2)CC1. The van der Waals surface area contributed by atoms with Crippen molar-refractivity contribution in [3.05, 3.63) is 23.9 Å². The molecule has 186 valence electrons. The standard InChI is InChI=1S/C22H37N7O2S.ClH/c1-21(2,3)17-15-18(26-19(25-17)22(4,5)6)29-12-10-28(11-13-29)9-8-14-32(30,31)20-23-16-24-27(20)7;/h15-16H,8-14H2,1-7H3;1H. The van der Waals surface area contributed by atoms with E-state index < -0.39 is 9.84 Å². The summed E-state index contributed by atoms with van der Waals surface area (Å²) in [6.07, 6.45) is 1.85. The molecule has 3 rings (SSSR count). The average molecular weight is 500 g/mol. The molecular formula is C22H38ClN7O2S. The molecule has 1 aliphatic heterocycles. The summed E-state index contributed by atoms with van der Waals surface area (Å²) in [5.41, 5.74) is 0.892. The van der Waals surface area contributed by atoms with Crippen LogP contribution in [-0.2, 0) is 27.7 Å². The lowest BCUT2D eigenvalue weighted by atomic mass is 9.90. The number of aryl methyl sites for hydroxylation is 1. The van der Waals surface area contributed by atoms with Crippen molar-refractivity contribution in [3.63, 3.8) is 0 Å². The van der Waals surface area contributed by atoms with Crippen LogP contribution in [0.5, 0.6) is 0 Å². The van der Waals surface area contributed by atoms with E-state index in [0.717, 1.165) is 50.1 Å². The predicted octanol–water partition coefficient (Wildman–Crippen LogP) is 2.61. The van der Waals surface area contributed by atoms with Crippen LogP contribution < -0.4 is 4.90 Å². The summed E-state index contributed by atoms with van der Waals surface area (Å²) in [6.45, 7) is 17.2. The number of hydrogen-bond donors (Lipinski definition) is 0. The van der Waals surface area contributed by atoms with Crippen LogP contribution in [0.2, 0.25) is 0 Å². The molecule has 9 nitrogen and oxygen atoms in total. The summed E-state index contributed by atoms with van der Waals surface area (Å²) in [4.78, 5) is 18.3. The number of nitrogens with zero attached hydrogens (tertiary/aromatic N) is 7. The molecule has 1 saturated heterocycles. The van der Waals surface area contributed by atoms with Gasteiger partial charge in [-0.3, -0.25) is 4.90 Å². The highest BCUT2D eigenvalue weighted by Gasteiger charge is 2.27. The summed E-state index contributed by atoms with van der Waals surface area (Å²) >= 11 is 0. The van der Waals surface area contributed by atoms with Gasteiger partial charge in [0.05, 0.1) is 11.4 Å². The Kier molecular flexibility index (Phi) is 8.51. The van der Waals surface area contributed by atoms with Crippen molar-refractivity contribution >= 4 is 28.1 Å². The lowest BCUT2D eigenvalue weighted by Gasteiger charge is -2.36. The number of halogens is 1. The van der Waals surface area contributed by atoms with Crippen LogP contribution in [0.4, 0.5) is 5.82 Å². The molecule has 1 fully saturated rings. The highest BCUT2D eigenvalue weighted by Crippen LogP contribution is 2.28. The van der Waals surface area contributed by atoms with Gasteiger partial charge in [0.25, 0.3) is 0 Å². The van der Waals surface area contributed by atoms with Crippen LogP contribution >= 0.6 is 12.4 Å². The van der Waals surface area contributed by atoms with Crippen LogP contribution in [0.1, 0.15) is 59.5 Å². The zero-order valence-electron chi connectivity index (χ0n) is 20.9. The Balaban J connectivity index is 0.00000385. The summed E-state index contributed by atoms with van der Waals surface area (Å²) in [6, 6.07) is 2.12. The molecule has 0 unspecified atom stereocenters. The number of sulfone groups is 1. The number of aromatic nitrogens is 5. The minimum atomic E-state index is -3.40. The molecule has 0 aliphatic carbocycles. The van der Waals surface area contributed by atoms with Crippen molar-refractivity contribution < 1.29 is 8.42 Å². The fourth-order valence-electron chi connectivity index (χ4n) is 3.65. The van der Waals surface area contributed by atoms with Crippen LogP contribution in [0, 0.1) is 0 Å².